The highest BCUT2D eigenvalue weighted by Crippen LogP contribution is 2.23. The molecule has 0 saturated heterocycles. The van der Waals surface area contributed by atoms with Crippen molar-refractivity contribution >= 4 is 29.5 Å². The lowest BCUT2D eigenvalue weighted by atomic mass is 10.2. The number of nitrogens with one attached hydrogen (secondary N) is 3. The van der Waals surface area contributed by atoms with E-state index in [9.17, 15) is 14.0 Å². The van der Waals surface area contributed by atoms with Gasteiger partial charge in [0.1, 0.15) is 18.0 Å². The van der Waals surface area contributed by atoms with Crippen molar-refractivity contribution in [3.05, 3.63) is 35.8 Å². The van der Waals surface area contributed by atoms with Crippen molar-refractivity contribution in [1.29, 1.82) is 0 Å². The van der Waals surface area contributed by atoms with Crippen LogP contribution < -0.4 is 20.7 Å². The van der Waals surface area contributed by atoms with Crippen LogP contribution in [0.1, 0.15) is 52.5 Å². The predicted molar refractivity (Wildman–Crippen MR) is 145 cm³/mol. The van der Waals surface area contributed by atoms with E-state index in [1.165, 1.54) is 31.2 Å². The maximum atomic E-state index is 14.0. The highest BCUT2D eigenvalue weighted by Gasteiger charge is 2.20. The van der Waals surface area contributed by atoms with Crippen LogP contribution >= 0.6 is 0 Å². The van der Waals surface area contributed by atoms with E-state index in [0.717, 1.165) is 6.42 Å². The van der Waals surface area contributed by atoms with E-state index in [4.69, 9.17) is 9.47 Å². The first kappa shape index (κ1) is 30.2. The topological polar surface area (TPSA) is 118 Å². The van der Waals surface area contributed by atoms with Crippen LogP contribution in [0.2, 0.25) is 0 Å². The highest BCUT2D eigenvalue weighted by molar-refractivity contribution is 5.82. The molecular weight excluding hydrogens is 491 g/mol. The molecule has 0 bridgehead atoms. The zero-order chi connectivity index (χ0) is 28.1. The van der Waals surface area contributed by atoms with Crippen LogP contribution in [0.4, 0.5) is 26.6 Å². The maximum absolute atomic E-state index is 14.0. The minimum atomic E-state index is -0.621. The number of amides is 2. The summed E-state index contributed by atoms with van der Waals surface area (Å²) in [6.07, 6.45) is 3.13. The lowest BCUT2D eigenvalue weighted by molar-refractivity contribution is -0.122. The quantitative estimate of drug-likeness (QED) is 0.292. The summed E-state index contributed by atoms with van der Waals surface area (Å²) in [6, 6.07) is 4.51. The molecule has 11 heteroatoms. The molecule has 10 nitrogen and oxygen atoms in total. The molecule has 0 radical (unpaired) electrons. The van der Waals surface area contributed by atoms with Gasteiger partial charge in [0.25, 0.3) is 0 Å². The van der Waals surface area contributed by atoms with E-state index >= 15 is 0 Å². The third-order valence-electron chi connectivity index (χ3n) is 4.85. The first-order valence-corrected chi connectivity index (χ1v) is 12.4. The van der Waals surface area contributed by atoms with Crippen molar-refractivity contribution in [1.82, 2.24) is 20.2 Å². The van der Waals surface area contributed by atoms with Gasteiger partial charge in [-0.3, -0.25) is 4.79 Å². The molecule has 0 aliphatic heterocycles. The Morgan fingerprint density at radius 2 is 1.97 bits per heavy atom. The Kier molecular flexibility index (Phi) is 11.6. The number of ether oxygens (including phenoxy) is 2. The third-order valence-corrected chi connectivity index (χ3v) is 4.85. The molecule has 0 atom stereocenters. The molecule has 1 aromatic heterocycles. The molecule has 38 heavy (non-hydrogen) atoms. The Morgan fingerprint density at radius 3 is 2.63 bits per heavy atom. The van der Waals surface area contributed by atoms with E-state index in [2.05, 4.69) is 37.8 Å². The average molecular weight is 529 g/mol. The second-order valence-corrected chi connectivity index (χ2v) is 9.45. The van der Waals surface area contributed by atoms with Gasteiger partial charge in [-0.25, -0.2) is 14.2 Å². The molecule has 206 valence electrons. The Morgan fingerprint density at radius 1 is 1.21 bits per heavy atom. The number of rotatable bonds is 11. The largest absolute Gasteiger partial charge is 0.494 e. The molecule has 1 heterocycles. The fourth-order valence-electron chi connectivity index (χ4n) is 3.02. The molecule has 1 aromatic carbocycles. The number of methoxy groups -OCH3 is 1. The Hall–Kier alpha value is -4.07. The van der Waals surface area contributed by atoms with Gasteiger partial charge in [0.05, 0.1) is 18.9 Å². The van der Waals surface area contributed by atoms with Gasteiger partial charge in [-0.15, -0.1) is 0 Å². The van der Waals surface area contributed by atoms with Crippen LogP contribution in [-0.4, -0.2) is 66.3 Å². The molecule has 0 fully saturated rings. The molecule has 0 unspecified atom stereocenters. The fraction of sp³-hybridized carbons (Fsp3) is 0.481. The summed E-state index contributed by atoms with van der Waals surface area (Å²) < 4.78 is 24.2. The summed E-state index contributed by atoms with van der Waals surface area (Å²) in [5, 5.41) is 9.00. The number of likely N-dealkylation sites (N-methyl/N-ethyl adjacent to an activating group) is 1. The van der Waals surface area contributed by atoms with Gasteiger partial charge >= 0.3 is 6.09 Å². The lowest BCUT2D eigenvalue weighted by Gasteiger charge is -2.24. The number of hydrogen-bond donors (Lipinski definition) is 3. The normalized spacial score (nSPS) is 10.6. The standard InChI is InChI=1S/C27H37FN6O4/c1-7-14-30-24-19(17-31-25(33-24)32-20-12-13-22(37-6)21(28)16-20)11-9-8-10-15-29-23(35)18-34(5)26(36)38-27(2,3)4/h12-13,16-17H,7-8,10,14-15,18H2,1-6H3,(H,29,35)(H2,30,31,32,33). The van der Waals surface area contributed by atoms with E-state index in [1.807, 2.05) is 6.92 Å². The molecule has 2 aromatic rings. The van der Waals surface area contributed by atoms with Crippen LogP contribution in [0.5, 0.6) is 5.75 Å². The Bertz CT molecular complexity index is 1160. The highest BCUT2D eigenvalue weighted by atomic mass is 19.1. The van der Waals surface area contributed by atoms with E-state index in [1.54, 1.807) is 33.0 Å². The zero-order valence-electron chi connectivity index (χ0n) is 22.9. The van der Waals surface area contributed by atoms with Crippen molar-refractivity contribution in [2.75, 3.05) is 44.4 Å². The number of benzene rings is 1. The molecule has 2 amide bonds. The number of carbonyl (C=O) groups is 2. The van der Waals surface area contributed by atoms with Gasteiger partial charge in [0, 0.05) is 38.3 Å². The fourth-order valence-corrected chi connectivity index (χ4v) is 3.02. The summed E-state index contributed by atoms with van der Waals surface area (Å²) in [5.41, 5.74) is 0.500. The monoisotopic (exact) mass is 528 g/mol. The molecule has 0 saturated carbocycles. The number of anilines is 3. The van der Waals surface area contributed by atoms with Gasteiger partial charge in [-0.2, -0.15) is 4.98 Å². The van der Waals surface area contributed by atoms with Gasteiger partial charge in [0.15, 0.2) is 11.6 Å². The molecule has 0 aliphatic carbocycles. The Labute approximate surface area is 223 Å². The van der Waals surface area contributed by atoms with Crippen molar-refractivity contribution in [2.24, 2.45) is 0 Å². The molecule has 2 rings (SSSR count). The third kappa shape index (κ3) is 10.5. The van der Waals surface area contributed by atoms with Crippen molar-refractivity contribution < 1.29 is 23.5 Å². The summed E-state index contributed by atoms with van der Waals surface area (Å²) in [7, 11) is 2.92. The second-order valence-electron chi connectivity index (χ2n) is 9.45. The predicted octanol–water partition coefficient (Wildman–Crippen LogP) is 4.30. The molecule has 0 aliphatic rings. The van der Waals surface area contributed by atoms with Crippen LogP contribution in [0, 0.1) is 17.7 Å². The first-order valence-electron chi connectivity index (χ1n) is 12.4. The van der Waals surface area contributed by atoms with Gasteiger partial charge in [-0.05, 0) is 45.7 Å². The summed E-state index contributed by atoms with van der Waals surface area (Å²) in [5.74, 6) is 6.41. The molecular formula is C27H37FN6O4. The van der Waals surface area contributed by atoms with Crippen molar-refractivity contribution in [3.8, 4) is 17.6 Å². The smallest absolute Gasteiger partial charge is 0.410 e. The summed E-state index contributed by atoms with van der Waals surface area (Å²) >= 11 is 0. The van der Waals surface area contributed by atoms with E-state index in [-0.39, 0.29) is 18.2 Å². The first-order chi connectivity index (χ1) is 18.0. The molecule has 0 spiro atoms. The van der Waals surface area contributed by atoms with Crippen molar-refractivity contribution in [3.63, 3.8) is 0 Å². The minimum absolute atomic E-state index is 0.0893. The van der Waals surface area contributed by atoms with Crippen LogP contribution in [-0.2, 0) is 9.53 Å². The van der Waals surface area contributed by atoms with Gasteiger partial charge in [0.2, 0.25) is 11.9 Å². The number of unbranched alkanes of at least 4 members (excludes halogenated alkanes) is 1. The number of aromatic nitrogens is 2. The van der Waals surface area contributed by atoms with E-state index in [0.29, 0.717) is 48.9 Å². The van der Waals surface area contributed by atoms with Crippen LogP contribution in [0.25, 0.3) is 0 Å². The van der Waals surface area contributed by atoms with Crippen LogP contribution in [0.15, 0.2) is 24.4 Å². The van der Waals surface area contributed by atoms with E-state index < -0.39 is 17.5 Å². The minimum Gasteiger partial charge on any atom is -0.494 e. The maximum Gasteiger partial charge on any atom is 0.410 e. The number of nitrogens with zero attached hydrogens (tertiary/aromatic N) is 3. The zero-order valence-corrected chi connectivity index (χ0v) is 22.9. The average Bonchev–Trinajstić information content (AvgIpc) is 2.84. The van der Waals surface area contributed by atoms with Crippen molar-refractivity contribution in [2.45, 2.75) is 52.6 Å². The van der Waals surface area contributed by atoms with Gasteiger partial charge < -0.3 is 30.3 Å². The second kappa shape index (κ2) is 14.6. The number of carbonyl (C=O) groups excluding carboxylic acids is 2. The SMILES string of the molecule is CCCNc1nc(Nc2ccc(OC)c(F)c2)ncc1C#CCCCNC(=O)CN(C)C(=O)OC(C)(C)C. The Balaban J connectivity index is 1.89. The number of halogens is 1. The summed E-state index contributed by atoms with van der Waals surface area (Å²) in [4.78, 5) is 34.1. The van der Waals surface area contributed by atoms with Gasteiger partial charge in [-0.1, -0.05) is 18.8 Å². The molecule has 3 N–H and O–H groups in total. The van der Waals surface area contributed by atoms with Crippen LogP contribution in [0.3, 0.4) is 0 Å². The summed E-state index contributed by atoms with van der Waals surface area (Å²) in [6.45, 7) is 8.38. The number of hydrogen-bond acceptors (Lipinski definition) is 8. The lowest BCUT2D eigenvalue weighted by Crippen LogP contribution is -2.41.